The van der Waals surface area contributed by atoms with E-state index in [0.29, 0.717) is 0 Å². The highest BCUT2D eigenvalue weighted by Crippen LogP contribution is 2.53. The van der Waals surface area contributed by atoms with Crippen molar-refractivity contribution in [3.63, 3.8) is 0 Å². The van der Waals surface area contributed by atoms with Crippen molar-refractivity contribution < 1.29 is 9.53 Å². The number of hydrogen-bond acceptors (Lipinski definition) is 4. The van der Waals surface area contributed by atoms with E-state index >= 15 is 0 Å². The highest BCUT2D eigenvalue weighted by atomic mass is 16.6. The second-order valence-electron chi connectivity index (χ2n) is 7.66. The molecule has 1 aliphatic heterocycles. The summed E-state index contributed by atoms with van der Waals surface area (Å²) < 4.78 is 5.40. The monoisotopic (exact) mass is 303 g/mol. The summed E-state index contributed by atoms with van der Waals surface area (Å²) in [6, 6.07) is 2.31. The van der Waals surface area contributed by atoms with Crippen molar-refractivity contribution in [1.29, 1.82) is 0 Å². The van der Waals surface area contributed by atoms with E-state index in [9.17, 15) is 4.79 Å². The third kappa shape index (κ3) is 3.18. The Bertz CT molecular complexity index is 576. The predicted octanol–water partition coefficient (Wildman–Crippen LogP) is 2.88. The summed E-state index contributed by atoms with van der Waals surface area (Å²) in [6.45, 7) is 9.52. The summed E-state index contributed by atoms with van der Waals surface area (Å²) in [5.41, 5.74) is 2.06. The Morgan fingerprint density at radius 1 is 1.41 bits per heavy atom. The summed E-state index contributed by atoms with van der Waals surface area (Å²) >= 11 is 0. The predicted molar refractivity (Wildman–Crippen MR) is 86.0 cm³/mol. The average Bonchev–Trinajstić information content (AvgIpc) is 3.06. The van der Waals surface area contributed by atoms with E-state index in [1.165, 1.54) is 12.8 Å². The first-order chi connectivity index (χ1) is 10.3. The van der Waals surface area contributed by atoms with Crippen LogP contribution in [0.1, 0.15) is 39.2 Å². The smallest absolute Gasteiger partial charge is 0.407 e. The van der Waals surface area contributed by atoms with Crippen LogP contribution in [0.3, 0.4) is 0 Å². The Hall–Kier alpha value is -1.78. The summed E-state index contributed by atoms with van der Waals surface area (Å²) in [4.78, 5) is 18.7. The normalized spacial score (nSPS) is 22.7. The molecule has 1 saturated carbocycles. The van der Waals surface area contributed by atoms with Gasteiger partial charge in [-0.15, -0.1) is 0 Å². The molecule has 1 atom stereocenters. The SMILES string of the molecule is Cc1cncc(N2C[C@H](NC(=O)OC(C)(C)C)C3(CC3)C2)c1. The molecule has 22 heavy (non-hydrogen) atoms. The van der Waals surface area contributed by atoms with Crippen molar-refractivity contribution in [2.24, 2.45) is 5.41 Å². The quantitative estimate of drug-likeness (QED) is 0.913. The fourth-order valence-electron chi connectivity index (χ4n) is 3.19. The Morgan fingerprint density at radius 3 is 2.73 bits per heavy atom. The zero-order valence-electron chi connectivity index (χ0n) is 13.8. The van der Waals surface area contributed by atoms with Gasteiger partial charge in [-0.2, -0.15) is 0 Å². The van der Waals surface area contributed by atoms with Crippen molar-refractivity contribution in [2.45, 2.75) is 52.2 Å². The summed E-state index contributed by atoms with van der Waals surface area (Å²) in [5.74, 6) is 0. The lowest BCUT2D eigenvalue weighted by Crippen LogP contribution is -2.44. The molecule has 1 saturated heterocycles. The Labute approximate surface area is 132 Å². The zero-order valence-corrected chi connectivity index (χ0v) is 13.8. The number of alkyl carbamates (subject to hydrolysis) is 1. The molecule has 3 rings (SSSR count). The number of amides is 1. The van der Waals surface area contributed by atoms with Gasteiger partial charge in [-0.3, -0.25) is 4.98 Å². The molecular weight excluding hydrogens is 278 g/mol. The molecule has 1 aromatic heterocycles. The van der Waals surface area contributed by atoms with Crippen LogP contribution in [-0.2, 0) is 4.74 Å². The maximum atomic E-state index is 12.1. The number of aromatic nitrogens is 1. The molecule has 0 aromatic carbocycles. The van der Waals surface area contributed by atoms with Gasteiger partial charge in [0.2, 0.25) is 0 Å². The standard InChI is InChI=1S/C17H25N3O2/c1-12-7-13(9-18-8-12)20-10-14(17(11-20)5-6-17)19-15(21)22-16(2,3)4/h7-9,14H,5-6,10-11H2,1-4H3,(H,19,21)/t14-/m0/s1. The molecular formula is C17H25N3O2. The van der Waals surface area contributed by atoms with Gasteiger partial charge in [0.15, 0.2) is 0 Å². The Balaban J connectivity index is 1.68. The summed E-state index contributed by atoms with van der Waals surface area (Å²) in [5, 5.41) is 3.08. The van der Waals surface area contributed by atoms with Gasteiger partial charge in [0.05, 0.1) is 17.9 Å². The van der Waals surface area contributed by atoms with E-state index in [0.717, 1.165) is 24.3 Å². The molecule has 1 aliphatic carbocycles. The minimum absolute atomic E-state index is 0.155. The van der Waals surface area contributed by atoms with Crippen LogP contribution in [0.25, 0.3) is 0 Å². The van der Waals surface area contributed by atoms with Gasteiger partial charge in [-0.1, -0.05) is 0 Å². The van der Waals surface area contributed by atoms with Crippen molar-refractivity contribution in [1.82, 2.24) is 10.3 Å². The molecule has 1 aromatic rings. The molecule has 1 N–H and O–H groups in total. The second kappa shape index (κ2) is 5.14. The van der Waals surface area contributed by atoms with E-state index in [1.807, 2.05) is 33.2 Å². The van der Waals surface area contributed by atoms with Crippen LogP contribution in [0.4, 0.5) is 10.5 Å². The van der Waals surface area contributed by atoms with Crippen LogP contribution >= 0.6 is 0 Å². The van der Waals surface area contributed by atoms with Gasteiger partial charge < -0.3 is 15.0 Å². The maximum absolute atomic E-state index is 12.1. The number of carbonyl (C=O) groups is 1. The Morgan fingerprint density at radius 2 is 2.14 bits per heavy atom. The van der Waals surface area contributed by atoms with E-state index in [-0.39, 0.29) is 17.6 Å². The lowest BCUT2D eigenvalue weighted by molar-refractivity contribution is 0.0493. The van der Waals surface area contributed by atoms with E-state index in [1.54, 1.807) is 0 Å². The molecule has 5 heteroatoms. The van der Waals surface area contributed by atoms with Crippen LogP contribution in [0.2, 0.25) is 0 Å². The third-order valence-electron chi connectivity index (χ3n) is 4.46. The lowest BCUT2D eigenvalue weighted by atomic mass is 10.0. The number of nitrogens with one attached hydrogen (secondary N) is 1. The lowest BCUT2D eigenvalue weighted by Gasteiger charge is -2.24. The Kier molecular flexibility index (Phi) is 3.54. The van der Waals surface area contributed by atoms with Gasteiger partial charge in [-0.25, -0.2) is 4.79 Å². The second-order valence-corrected chi connectivity index (χ2v) is 7.66. The average molecular weight is 303 g/mol. The number of hydrogen-bond donors (Lipinski definition) is 1. The zero-order chi connectivity index (χ0) is 16.0. The van der Waals surface area contributed by atoms with Crippen LogP contribution in [0.15, 0.2) is 18.5 Å². The van der Waals surface area contributed by atoms with Gasteiger partial charge >= 0.3 is 6.09 Å². The molecule has 5 nitrogen and oxygen atoms in total. The summed E-state index contributed by atoms with van der Waals surface area (Å²) in [6.07, 6.45) is 5.79. The highest BCUT2D eigenvalue weighted by molar-refractivity contribution is 5.69. The van der Waals surface area contributed by atoms with Crippen molar-refractivity contribution in [3.05, 3.63) is 24.0 Å². The third-order valence-corrected chi connectivity index (χ3v) is 4.46. The van der Waals surface area contributed by atoms with Crippen LogP contribution in [0, 0.1) is 12.3 Å². The van der Waals surface area contributed by atoms with Gasteiger partial charge in [0.25, 0.3) is 0 Å². The van der Waals surface area contributed by atoms with Gasteiger partial charge in [-0.05, 0) is 52.2 Å². The first-order valence-electron chi connectivity index (χ1n) is 7.94. The molecule has 1 amide bonds. The van der Waals surface area contributed by atoms with Crippen molar-refractivity contribution in [2.75, 3.05) is 18.0 Å². The number of anilines is 1. The number of rotatable bonds is 2. The maximum Gasteiger partial charge on any atom is 0.407 e. The molecule has 0 radical (unpaired) electrons. The van der Waals surface area contributed by atoms with Crippen LogP contribution < -0.4 is 10.2 Å². The highest BCUT2D eigenvalue weighted by Gasteiger charge is 2.55. The topological polar surface area (TPSA) is 54.5 Å². The first-order valence-corrected chi connectivity index (χ1v) is 7.94. The number of ether oxygens (including phenoxy) is 1. The molecule has 2 aliphatic rings. The molecule has 1 spiro atoms. The van der Waals surface area contributed by atoms with Crippen molar-refractivity contribution in [3.8, 4) is 0 Å². The van der Waals surface area contributed by atoms with E-state index in [4.69, 9.17) is 4.74 Å². The van der Waals surface area contributed by atoms with E-state index < -0.39 is 5.60 Å². The van der Waals surface area contributed by atoms with Crippen LogP contribution in [0.5, 0.6) is 0 Å². The van der Waals surface area contributed by atoms with E-state index in [2.05, 4.69) is 28.2 Å². The number of pyridine rings is 1. The van der Waals surface area contributed by atoms with Gasteiger partial charge in [0.1, 0.15) is 5.60 Å². The van der Waals surface area contributed by atoms with Gasteiger partial charge in [0, 0.05) is 24.7 Å². The molecule has 2 fully saturated rings. The fraction of sp³-hybridized carbons (Fsp3) is 0.647. The van der Waals surface area contributed by atoms with Crippen molar-refractivity contribution >= 4 is 11.8 Å². The first kappa shape index (κ1) is 15.1. The molecule has 0 unspecified atom stereocenters. The summed E-state index contributed by atoms with van der Waals surface area (Å²) in [7, 11) is 0. The number of aryl methyl sites for hydroxylation is 1. The number of carbonyl (C=O) groups excluding carboxylic acids is 1. The fourth-order valence-corrected chi connectivity index (χ4v) is 3.19. The minimum atomic E-state index is -0.459. The minimum Gasteiger partial charge on any atom is -0.444 e. The number of nitrogens with zero attached hydrogens (tertiary/aromatic N) is 2. The van der Waals surface area contributed by atoms with Crippen LogP contribution in [-0.4, -0.2) is 35.8 Å². The molecule has 0 bridgehead atoms. The molecule has 120 valence electrons. The molecule has 2 heterocycles. The largest absolute Gasteiger partial charge is 0.444 e.